The third-order valence-electron chi connectivity index (χ3n) is 4.29. The number of rotatable bonds is 5. The van der Waals surface area contributed by atoms with E-state index in [1.165, 1.54) is 23.3 Å². The van der Waals surface area contributed by atoms with E-state index in [1.807, 2.05) is 0 Å². The third kappa shape index (κ3) is 3.63. The number of ether oxygens (including phenoxy) is 1. The Labute approximate surface area is 141 Å². The van der Waals surface area contributed by atoms with E-state index in [1.54, 1.807) is 12.1 Å². The zero-order chi connectivity index (χ0) is 16.9. The summed E-state index contributed by atoms with van der Waals surface area (Å²) in [5, 5.41) is 10.7. The summed E-state index contributed by atoms with van der Waals surface area (Å²) in [6, 6.07) is 14.9. The molecule has 2 aromatic carbocycles. The Balaban J connectivity index is 1.64. The Kier molecular flexibility index (Phi) is 4.91. The van der Waals surface area contributed by atoms with Gasteiger partial charge in [0.25, 0.3) is 5.69 Å². The van der Waals surface area contributed by atoms with Crippen molar-refractivity contribution in [3.63, 3.8) is 0 Å². The number of hydrogen-bond donors (Lipinski definition) is 0. The van der Waals surface area contributed by atoms with E-state index < -0.39 is 4.92 Å². The molecule has 1 heterocycles. The van der Waals surface area contributed by atoms with Crippen LogP contribution in [-0.4, -0.2) is 30.0 Å². The minimum atomic E-state index is -0.409. The van der Waals surface area contributed by atoms with E-state index in [4.69, 9.17) is 4.74 Å². The fourth-order valence-electron chi connectivity index (χ4n) is 3.01. The lowest BCUT2D eigenvalue weighted by Crippen LogP contribution is -2.25. The average Bonchev–Trinajstić information content (AvgIpc) is 2.74. The van der Waals surface area contributed by atoms with Crippen molar-refractivity contribution in [3.8, 4) is 5.75 Å². The SMILES string of the molecule is CN1CC=Cc2ccccc2[C@H]1CCOc1ccc([N+](=O)[O-])cc1. The van der Waals surface area contributed by atoms with Gasteiger partial charge in [0, 0.05) is 31.1 Å². The zero-order valence-electron chi connectivity index (χ0n) is 13.6. The molecule has 0 bridgehead atoms. The molecular formula is C19H20N2O3. The van der Waals surface area contributed by atoms with E-state index in [0.717, 1.165) is 13.0 Å². The van der Waals surface area contributed by atoms with Crippen molar-refractivity contribution in [1.29, 1.82) is 0 Å². The molecule has 124 valence electrons. The molecule has 1 atom stereocenters. The molecular weight excluding hydrogens is 304 g/mol. The van der Waals surface area contributed by atoms with E-state index in [0.29, 0.717) is 12.4 Å². The smallest absolute Gasteiger partial charge is 0.269 e. The van der Waals surface area contributed by atoms with Crippen LogP contribution in [0.3, 0.4) is 0 Å². The lowest BCUT2D eigenvalue weighted by molar-refractivity contribution is -0.384. The van der Waals surface area contributed by atoms with Gasteiger partial charge in [-0.1, -0.05) is 36.4 Å². The van der Waals surface area contributed by atoms with Crippen LogP contribution in [-0.2, 0) is 0 Å². The van der Waals surface area contributed by atoms with Crippen molar-refractivity contribution < 1.29 is 9.66 Å². The topological polar surface area (TPSA) is 55.6 Å². The summed E-state index contributed by atoms with van der Waals surface area (Å²) in [5.41, 5.74) is 2.63. The normalized spacial score (nSPS) is 17.1. The minimum absolute atomic E-state index is 0.0749. The molecule has 1 aliphatic heterocycles. The number of nitro groups is 1. The highest BCUT2D eigenvalue weighted by Gasteiger charge is 2.20. The largest absolute Gasteiger partial charge is 0.494 e. The van der Waals surface area contributed by atoms with Crippen molar-refractivity contribution in [2.24, 2.45) is 0 Å². The van der Waals surface area contributed by atoms with Gasteiger partial charge in [-0.05, 0) is 30.3 Å². The number of nitrogens with zero attached hydrogens (tertiary/aromatic N) is 2. The van der Waals surface area contributed by atoms with Crippen molar-refractivity contribution in [3.05, 3.63) is 75.8 Å². The summed E-state index contributed by atoms with van der Waals surface area (Å²) in [5.74, 6) is 0.656. The van der Waals surface area contributed by atoms with Gasteiger partial charge in [-0.2, -0.15) is 0 Å². The summed E-state index contributed by atoms with van der Waals surface area (Å²) in [6.45, 7) is 1.46. The molecule has 0 aromatic heterocycles. The highest BCUT2D eigenvalue weighted by molar-refractivity contribution is 5.56. The molecule has 0 amide bonds. The average molecular weight is 324 g/mol. The number of non-ortho nitro benzene ring substituents is 1. The Morgan fingerprint density at radius 2 is 1.96 bits per heavy atom. The first-order valence-corrected chi connectivity index (χ1v) is 7.98. The summed E-state index contributed by atoms with van der Waals surface area (Å²) in [7, 11) is 2.11. The van der Waals surface area contributed by atoms with Gasteiger partial charge >= 0.3 is 0 Å². The first-order chi connectivity index (χ1) is 11.6. The fraction of sp³-hybridized carbons (Fsp3) is 0.263. The van der Waals surface area contributed by atoms with Gasteiger partial charge in [-0.25, -0.2) is 0 Å². The van der Waals surface area contributed by atoms with Crippen molar-refractivity contribution in [2.75, 3.05) is 20.2 Å². The van der Waals surface area contributed by atoms with Crippen LogP contribution in [0, 0.1) is 10.1 Å². The number of benzene rings is 2. The van der Waals surface area contributed by atoms with E-state index in [9.17, 15) is 10.1 Å². The quantitative estimate of drug-likeness (QED) is 0.615. The molecule has 0 N–H and O–H groups in total. The van der Waals surface area contributed by atoms with Crippen LogP contribution >= 0.6 is 0 Å². The van der Waals surface area contributed by atoms with Crippen LogP contribution in [0.5, 0.6) is 5.75 Å². The molecule has 0 spiro atoms. The molecule has 0 saturated heterocycles. The first kappa shape index (κ1) is 16.2. The first-order valence-electron chi connectivity index (χ1n) is 7.98. The van der Waals surface area contributed by atoms with E-state index in [-0.39, 0.29) is 11.7 Å². The molecule has 3 rings (SSSR count). The molecule has 2 aromatic rings. The molecule has 0 unspecified atom stereocenters. The maximum Gasteiger partial charge on any atom is 0.269 e. The number of hydrogen-bond acceptors (Lipinski definition) is 4. The van der Waals surface area contributed by atoms with E-state index in [2.05, 4.69) is 48.4 Å². The molecule has 0 radical (unpaired) electrons. The van der Waals surface area contributed by atoms with Gasteiger partial charge in [0.15, 0.2) is 0 Å². The Hall–Kier alpha value is -2.66. The standard InChI is InChI=1S/C19H20N2O3/c1-20-13-4-6-15-5-2-3-7-18(15)19(20)12-14-24-17-10-8-16(9-11-17)21(22)23/h2-11,19H,12-14H2,1H3/t19-/m1/s1. The van der Waals surface area contributed by atoms with Crippen LogP contribution in [0.2, 0.25) is 0 Å². The predicted molar refractivity (Wildman–Crippen MR) is 94.1 cm³/mol. The molecule has 24 heavy (non-hydrogen) atoms. The molecule has 0 saturated carbocycles. The van der Waals surface area contributed by atoms with Crippen molar-refractivity contribution in [2.45, 2.75) is 12.5 Å². The fourth-order valence-corrected chi connectivity index (χ4v) is 3.01. The Bertz CT molecular complexity index is 741. The van der Waals surface area contributed by atoms with Crippen LogP contribution in [0.1, 0.15) is 23.6 Å². The van der Waals surface area contributed by atoms with Gasteiger partial charge in [0.2, 0.25) is 0 Å². The maximum atomic E-state index is 10.7. The van der Waals surface area contributed by atoms with Crippen LogP contribution < -0.4 is 4.74 Å². The summed E-state index contributed by atoms with van der Waals surface area (Å²) in [6.07, 6.45) is 5.20. The predicted octanol–water partition coefficient (Wildman–Crippen LogP) is 4.06. The monoisotopic (exact) mass is 324 g/mol. The number of fused-ring (bicyclic) bond motifs is 1. The van der Waals surface area contributed by atoms with Gasteiger partial charge in [0.05, 0.1) is 11.5 Å². The lowest BCUT2D eigenvalue weighted by Gasteiger charge is -2.27. The summed E-state index contributed by atoms with van der Waals surface area (Å²) in [4.78, 5) is 12.6. The molecule has 1 aliphatic rings. The van der Waals surface area contributed by atoms with Gasteiger partial charge in [-0.3, -0.25) is 15.0 Å². The Morgan fingerprint density at radius 3 is 2.71 bits per heavy atom. The molecule has 5 heteroatoms. The zero-order valence-corrected chi connectivity index (χ0v) is 13.6. The second-order valence-corrected chi connectivity index (χ2v) is 5.87. The third-order valence-corrected chi connectivity index (χ3v) is 4.29. The van der Waals surface area contributed by atoms with E-state index >= 15 is 0 Å². The van der Waals surface area contributed by atoms with Crippen molar-refractivity contribution >= 4 is 11.8 Å². The van der Waals surface area contributed by atoms with Crippen LogP contribution in [0.25, 0.3) is 6.08 Å². The Morgan fingerprint density at radius 1 is 1.21 bits per heavy atom. The second kappa shape index (κ2) is 7.27. The van der Waals surface area contributed by atoms with Gasteiger partial charge in [0.1, 0.15) is 5.75 Å². The summed E-state index contributed by atoms with van der Waals surface area (Å²) < 4.78 is 5.78. The number of nitro benzene ring substituents is 1. The number of likely N-dealkylation sites (N-methyl/N-ethyl adjacent to an activating group) is 1. The second-order valence-electron chi connectivity index (χ2n) is 5.87. The van der Waals surface area contributed by atoms with Crippen LogP contribution in [0.4, 0.5) is 5.69 Å². The maximum absolute atomic E-state index is 10.7. The lowest BCUT2D eigenvalue weighted by atomic mass is 9.98. The van der Waals surface area contributed by atoms with Crippen LogP contribution in [0.15, 0.2) is 54.6 Å². The molecule has 0 fully saturated rings. The van der Waals surface area contributed by atoms with Gasteiger partial charge < -0.3 is 4.74 Å². The van der Waals surface area contributed by atoms with Crippen molar-refractivity contribution in [1.82, 2.24) is 4.90 Å². The highest BCUT2D eigenvalue weighted by Crippen LogP contribution is 2.29. The highest BCUT2D eigenvalue weighted by atomic mass is 16.6. The molecule has 5 nitrogen and oxygen atoms in total. The summed E-state index contributed by atoms with van der Waals surface area (Å²) >= 11 is 0. The molecule has 0 aliphatic carbocycles. The van der Waals surface area contributed by atoms with Gasteiger partial charge in [-0.15, -0.1) is 0 Å². The minimum Gasteiger partial charge on any atom is -0.494 e.